The summed E-state index contributed by atoms with van der Waals surface area (Å²) in [5, 5.41) is 0. The molecule has 0 fully saturated rings. The summed E-state index contributed by atoms with van der Waals surface area (Å²) in [6, 6.07) is 10.8. The van der Waals surface area contributed by atoms with Gasteiger partial charge in [-0.3, -0.25) is 4.90 Å². The van der Waals surface area contributed by atoms with Gasteiger partial charge in [-0.2, -0.15) is 0 Å². The Hall–Kier alpha value is -1.38. The fourth-order valence-corrected chi connectivity index (χ4v) is 5.73. The number of nitrogens with zero attached hydrogens (tertiary/aromatic N) is 2. The van der Waals surface area contributed by atoms with Gasteiger partial charge in [0.25, 0.3) is 0 Å². The number of hydrogen-bond acceptors (Lipinski definition) is 2. The van der Waals surface area contributed by atoms with Crippen molar-refractivity contribution in [1.82, 2.24) is 9.80 Å². The van der Waals surface area contributed by atoms with Crippen molar-refractivity contribution in [2.45, 2.75) is 102 Å². The van der Waals surface area contributed by atoms with Gasteiger partial charge in [0.15, 0.2) is 0 Å². The van der Waals surface area contributed by atoms with Gasteiger partial charge in [-0.15, -0.1) is 0 Å². The average molecular weight is 495 g/mol. The van der Waals surface area contributed by atoms with Crippen LogP contribution >= 0.6 is 0 Å². The summed E-state index contributed by atoms with van der Waals surface area (Å²) in [7, 11) is 2.23. The molecule has 2 heteroatoms. The first-order valence-electron chi connectivity index (χ1n) is 14.2. The summed E-state index contributed by atoms with van der Waals surface area (Å²) in [6.07, 6.45) is 2.45. The molecule has 0 N–H and O–H groups in total. The monoisotopic (exact) mass is 494 g/mol. The maximum atomic E-state index is 2.60. The molecule has 0 bridgehead atoms. The van der Waals surface area contributed by atoms with Crippen LogP contribution in [0.4, 0.5) is 0 Å². The van der Waals surface area contributed by atoms with Crippen LogP contribution < -0.4 is 0 Å². The second-order valence-corrected chi connectivity index (χ2v) is 15.3. The number of rotatable bonds is 2. The SMILES string of the molecule is CC(C)(C)C1=C(C(C)(C)C)CN(Cc2ccccc2)CC1.CN1CCC(C(C)(C)C)=C(C(C)(C)C)C1. The predicted octanol–water partition coefficient (Wildman–Crippen LogP) is 8.99. The van der Waals surface area contributed by atoms with E-state index in [0.717, 1.165) is 19.6 Å². The van der Waals surface area contributed by atoms with Crippen molar-refractivity contribution in [3.8, 4) is 0 Å². The van der Waals surface area contributed by atoms with E-state index in [1.54, 1.807) is 22.3 Å². The summed E-state index contributed by atoms with van der Waals surface area (Å²) in [5.41, 5.74) is 9.30. The van der Waals surface area contributed by atoms with E-state index in [0.29, 0.717) is 16.2 Å². The molecule has 0 saturated carbocycles. The molecular weight excluding hydrogens is 436 g/mol. The highest BCUT2D eigenvalue weighted by molar-refractivity contribution is 5.30. The van der Waals surface area contributed by atoms with E-state index >= 15 is 0 Å². The van der Waals surface area contributed by atoms with Crippen molar-refractivity contribution >= 4 is 0 Å². The van der Waals surface area contributed by atoms with Crippen LogP contribution in [-0.2, 0) is 6.54 Å². The topological polar surface area (TPSA) is 6.48 Å². The predicted molar refractivity (Wildman–Crippen MR) is 160 cm³/mol. The first-order valence-corrected chi connectivity index (χ1v) is 14.2. The Labute approximate surface area is 225 Å². The summed E-state index contributed by atoms with van der Waals surface area (Å²) in [5.74, 6) is 0. The molecule has 0 saturated heterocycles. The van der Waals surface area contributed by atoms with Gasteiger partial charge in [-0.25, -0.2) is 0 Å². The maximum absolute atomic E-state index is 2.60. The highest BCUT2D eigenvalue weighted by atomic mass is 15.1. The quantitative estimate of drug-likeness (QED) is 0.378. The molecule has 1 aromatic carbocycles. The molecular formula is C34H58N2. The molecule has 0 aliphatic carbocycles. The van der Waals surface area contributed by atoms with Crippen LogP contribution in [0.1, 0.15) is 101 Å². The number of likely N-dealkylation sites (N-methyl/N-ethyl adjacent to an activating group) is 1. The molecule has 2 aliphatic rings. The lowest BCUT2D eigenvalue weighted by Gasteiger charge is -2.41. The van der Waals surface area contributed by atoms with E-state index < -0.39 is 0 Å². The zero-order valence-corrected chi connectivity index (χ0v) is 26.2. The molecule has 0 aromatic heterocycles. The molecule has 0 radical (unpaired) electrons. The van der Waals surface area contributed by atoms with Crippen LogP contribution in [0.5, 0.6) is 0 Å². The lowest BCUT2D eigenvalue weighted by molar-refractivity contribution is 0.237. The van der Waals surface area contributed by atoms with E-state index in [9.17, 15) is 0 Å². The number of benzene rings is 1. The Morgan fingerprint density at radius 2 is 0.972 bits per heavy atom. The second kappa shape index (κ2) is 11.6. The van der Waals surface area contributed by atoms with E-state index in [1.165, 1.54) is 31.5 Å². The normalized spacial score (nSPS) is 19.4. The molecule has 2 nitrogen and oxygen atoms in total. The Bertz CT molecular complexity index is 905. The van der Waals surface area contributed by atoms with Crippen molar-refractivity contribution in [3.05, 3.63) is 58.2 Å². The first kappa shape index (κ1) is 30.8. The molecule has 0 unspecified atom stereocenters. The fourth-order valence-electron chi connectivity index (χ4n) is 5.73. The minimum Gasteiger partial charge on any atom is -0.302 e. The van der Waals surface area contributed by atoms with Gasteiger partial charge >= 0.3 is 0 Å². The lowest BCUT2D eigenvalue weighted by atomic mass is 9.72. The van der Waals surface area contributed by atoms with Crippen molar-refractivity contribution in [3.63, 3.8) is 0 Å². The van der Waals surface area contributed by atoms with Gasteiger partial charge in [-0.1, -0.05) is 136 Å². The van der Waals surface area contributed by atoms with Crippen molar-refractivity contribution in [1.29, 1.82) is 0 Å². The zero-order chi connectivity index (χ0) is 27.5. The second-order valence-electron chi connectivity index (χ2n) is 15.3. The largest absolute Gasteiger partial charge is 0.302 e. The molecule has 2 heterocycles. The van der Waals surface area contributed by atoms with Crippen LogP contribution in [0.3, 0.4) is 0 Å². The summed E-state index contributed by atoms with van der Waals surface area (Å²) in [4.78, 5) is 5.04. The van der Waals surface area contributed by atoms with Crippen molar-refractivity contribution in [2.75, 3.05) is 33.2 Å². The van der Waals surface area contributed by atoms with Gasteiger partial charge in [-0.05, 0) is 47.1 Å². The zero-order valence-electron chi connectivity index (χ0n) is 26.2. The van der Waals surface area contributed by atoms with Crippen LogP contribution in [0.25, 0.3) is 0 Å². The molecule has 36 heavy (non-hydrogen) atoms. The lowest BCUT2D eigenvalue weighted by Crippen LogP contribution is -2.37. The molecule has 1 aromatic rings. The van der Waals surface area contributed by atoms with E-state index in [1.807, 2.05) is 0 Å². The van der Waals surface area contributed by atoms with E-state index in [2.05, 4.69) is 130 Å². The van der Waals surface area contributed by atoms with Crippen molar-refractivity contribution in [2.24, 2.45) is 21.7 Å². The maximum Gasteiger partial charge on any atom is 0.0237 e. The van der Waals surface area contributed by atoms with Gasteiger partial charge in [0, 0.05) is 32.7 Å². The summed E-state index contributed by atoms with van der Waals surface area (Å²) in [6.45, 7) is 34.0. The van der Waals surface area contributed by atoms with Crippen LogP contribution in [0.2, 0.25) is 0 Å². The highest BCUT2D eigenvalue weighted by Crippen LogP contribution is 2.42. The Morgan fingerprint density at radius 1 is 0.556 bits per heavy atom. The third-order valence-electron chi connectivity index (χ3n) is 7.83. The van der Waals surface area contributed by atoms with Crippen LogP contribution in [0.15, 0.2) is 52.6 Å². The number of hydrogen-bond donors (Lipinski definition) is 0. The van der Waals surface area contributed by atoms with Gasteiger partial charge in [0.05, 0.1) is 0 Å². The fraction of sp³-hybridized carbons (Fsp3) is 0.706. The third kappa shape index (κ3) is 8.88. The minimum absolute atomic E-state index is 0.262. The molecule has 0 amide bonds. The van der Waals surface area contributed by atoms with E-state index in [-0.39, 0.29) is 5.41 Å². The minimum atomic E-state index is 0.262. The van der Waals surface area contributed by atoms with Gasteiger partial charge in [0.1, 0.15) is 0 Å². The van der Waals surface area contributed by atoms with Crippen molar-refractivity contribution < 1.29 is 0 Å². The standard InChI is InChI=1S/C20H31N.C14H27N/c1-19(2,3)17-12-13-21(15-18(17)20(4,5)6)14-16-10-8-7-9-11-16;1-13(2,3)11-8-9-15(7)10-12(11)14(4,5)6/h7-11H,12-15H2,1-6H3;8-10H2,1-7H3. The molecule has 3 rings (SSSR count). The summed E-state index contributed by atoms with van der Waals surface area (Å²) < 4.78 is 0. The van der Waals surface area contributed by atoms with Crippen LogP contribution in [0, 0.1) is 21.7 Å². The first-order chi connectivity index (χ1) is 16.3. The molecule has 0 atom stereocenters. The third-order valence-corrected chi connectivity index (χ3v) is 7.83. The molecule has 0 spiro atoms. The summed E-state index contributed by atoms with van der Waals surface area (Å²) >= 11 is 0. The highest BCUT2D eigenvalue weighted by Gasteiger charge is 2.32. The Balaban J connectivity index is 0.000000269. The molecule has 204 valence electrons. The molecule has 2 aliphatic heterocycles. The Morgan fingerprint density at radius 3 is 1.42 bits per heavy atom. The Kier molecular flexibility index (Phi) is 9.91. The van der Waals surface area contributed by atoms with Gasteiger partial charge < -0.3 is 4.90 Å². The van der Waals surface area contributed by atoms with Gasteiger partial charge in [0.2, 0.25) is 0 Å². The van der Waals surface area contributed by atoms with E-state index in [4.69, 9.17) is 0 Å². The average Bonchev–Trinajstić information content (AvgIpc) is 2.72. The smallest absolute Gasteiger partial charge is 0.0237 e. The van der Waals surface area contributed by atoms with Crippen LogP contribution in [-0.4, -0.2) is 43.0 Å².